The SMILES string of the molecule is CC(C)(C)OC(=O)N1CC[C@@H](OC(=O)c2nc(CNc3cc(C(C)(C)C)c(Cl)cc3O)[nH]c2Cl)C1. The maximum absolute atomic E-state index is 12.7. The lowest BCUT2D eigenvalue weighted by molar-refractivity contribution is 0.0189. The van der Waals surface area contributed by atoms with Gasteiger partial charge in [0.05, 0.1) is 18.8 Å². The zero-order valence-corrected chi connectivity index (χ0v) is 22.3. The topological polar surface area (TPSA) is 117 Å². The summed E-state index contributed by atoms with van der Waals surface area (Å²) in [6.07, 6.45) is -0.429. The Bertz CT molecular complexity index is 1100. The molecule has 0 bridgehead atoms. The zero-order chi connectivity index (χ0) is 26.1. The molecule has 2 heterocycles. The normalized spacial score (nSPS) is 16.3. The van der Waals surface area contributed by atoms with Gasteiger partial charge in [0, 0.05) is 24.1 Å². The Kier molecular flexibility index (Phi) is 7.81. The number of anilines is 1. The first-order valence-corrected chi connectivity index (χ1v) is 12.1. The van der Waals surface area contributed by atoms with Crippen LogP contribution >= 0.6 is 23.2 Å². The highest BCUT2D eigenvalue weighted by Crippen LogP contribution is 2.37. The number of esters is 1. The third kappa shape index (κ3) is 6.95. The average Bonchev–Trinajstić information content (AvgIpc) is 3.31. The monoisotopic (exact) mass is 526 g/mol. The number of carbonyl (C=O) groups is 2. The van der Waals surface area contributed by atoms with Crippen molar-refractivity contribution < 1.29 is 24.2 Å². The molecule has 0 unspecified atom stereocenters. The second-order valence-electron chi connectivity index (χ2n) is 10.5. The maximum atomic E-state index is 12.7. The van der Waals surface area contributed by atoms with E-state index in [2.05, 4.69) is 15.3 Å². The first-order chi connectivity index (χ1) is 16.1. The van der Waals surface area contributed by atoms with Crippen molar-refractivity contribution in [1.82, 2.24) is 14.9 Å². The van der Waals surface area contributed by atoms with Crippen LogP contribution in [0.5, 0.6) is 5.75 Å². The lowest BCUT2D eigenvalue weighted by Gasteiger charge is -2.24. The van der Waals surface area contributed by atoms with Crippen molar-refractivity contribution in [2.24, 2.45) is 0 Å². The van der Waals surface area contributed by atoms with Crippen molar-refractivity contribution >= 4 is 41.0 Å². The molecule has 11 heteroatoms. The van der Waals surface area contributed by atoms with Gasteiger partial charge >= 0.3 is 12.1 Å². The number of aromatic amines is 1. The summed E-state index contributed by atoms with van der Waals surface area (Å²) >= 11 is 12.5. The second kappa shape index (κ2) is 10.1. The van der Waals surface area contributed by atoms with E-state index >= 15 is 0 Å². The summed E-state index contributed by atoms with van der Waals surface area (Å²) < 4.78 is 10.9. The Labute approximate surface area is 215 Å². The number of carbonyl (C=O) groups excluding carboxylic acids is 2. The van der Waals surface area contributed by atoms with Gasteiger partial charge in [0.25, 0.3) is 0 Å². The number of aromatic nitrogens is 2. The van der Waals surface area contributed by atoms with Crippen LogP contribution in [0.1, 0.15) is 69.8 Å². The summed E-state index contributed by atoms with van der Waals surface area (Å²) in [5.74, 6) is -0.302. The molecule has 9 nitrogen and oxygen atoms in total. The van der Waals surface area contributed by atoms with Crippen LogP contribution in [0.2, 0.25) is 10.2 Å². The fraction of sp³-hybridized carbons (Fsp3) is 0.542. The molecule has 0 spiro atoms. The van der Waals surface area contributed by atoms with Gasteiger partial charge in [-0.2, -0.15) is 0 Å². The number of ether oxygens (including phenoxy) is 2. The van der Waals surface area contributed by atoms with E-state index in [1.807, 2.05) is 20.8 Å². The quantitative estimate of drug-likeness (QED) is 0.347. The number of phenolic OH excluding ortho intramolecular Hbond substituents is 1. The number of hydrogen-bond acceptors (Lipinski definition) is 7. The molecule has 3 N–H and O–H groups in total. The van der Waals surface area contributed by atoms with Crippen molar-refractivity contribution in [2.75, 3.05) is 18.4 Å². The molecule has 1 aliphatic rings. The van der Waals surface area contributed by atoms with Crippen molar-refractivity contribution in [3.63, 3.8) is 0 Å². The van der Waals surface area contributed by atoms with Crippen molar-refractivity contribution in [1.29, 1.82) is 0 Å². The Morgan fingerprint density at radius 3 is 2.54 bits per heavy atom. The summed E-state index contributed by atoms with van der Waals surface area (Å²) in [5, 5.41) is 13.9. The number of imidazole rings is 1. The van der Waals surface area contributed by atoms with Crippen molar-refractivity contribution in [3.8, 4) is 5.75 Å². The molecular formula is C24H32Cl2N4O5. The molecule has 2 aromatic rings. The predicted molar refractivity (Wildman–Crippen MR) is 134 cm³/mol. The molecule has 192 valence electrons. The third-order valence-electron chi connectivity index (χ3n) is 5.31. The van der Waals surface area contributed by atoms with E-state index in [0.29, 0.717) is 29.5 Å². The van der Waals surface area contributed by atoms with Gasteiger partial charge in [0.1, 0.15) is 28.4 Å². The minimum absolute atomic E-state index is 0.00365. The molecule has 0 aliphatic carbocycles. The Hall–Kier alpha value is -2.65. The lowest BCUT2D eigenvalue weighted by atomic mass is 9.86. The molecule has 1 aliphatic heterocycles. The molecule has 1 aromatic heterocycles. The van der Waals surface area contributed by atoms with Crippen LogP contribution in [0, 0.1) is 0 Å². The molecule has 0 radical (unpaired) electrons. The lowest BCUT2D eigenvalue weighted by Crippen LogP contribution is -2.36. The summed E-state index contributed by atoms with van der Waals surface area (Å²) in [4.78, 5) is 33.5. The minimum Gasteiger partial charge on any atom is -0.506 e. The van der Waals surface area contributed by atoms with Gasteiger partial charge in [0.15, 0.2) is 5.69 Å². The van der Waals surface area contributed by atoms with Gasteiger partial charge in [-0.15, -0.1) is 0 Å². The second-order valence-corrected chi connectivity index (χ2v) is 11.3. The van der Waals surface area contributed by atoms with E-state index in [-0.39, 0.29) is 35.1 Å². The Morgan fingerprint density at radius 1 is 1.23 bits per heavy atom. The van der Waals surface area contributed by atoms with Gasteiger partial charge in [-0.25, -0.2) is 14.6 Å². The number of rotatable bonds is 5. The zero-order valence-electron chi connectivity index (χ0n) is 20.8. The molecule has 1 aromatic carbocycles. The van der Waals surface area contributed by atoms with Crippen molar-refractivity contribution in [2.45, 2.75) is 71.6 Å². The average molecular weight is 527 g/mol. The maximum Gasteiger partial charge on any atom is 0.410 e. The highest BCUT2D eigenvalue weighted by molar-refractivity contribution is 6.32. The number of halogens is 2. The highest BCUT2D eigenvalue weighted by Gasteiger charge is 2.33. The number of phenols is 1. The minimum atomic E-state index is -0.683. The molecule has 1 saturated heterocycles. The fourth-order valence-corrected chi connectivity index (χ4v) is 4.27. The molecule has 1 amide bonds. The molecule has 35 heavy (non-hydrogen) atoms. The van der Waals surface area contributed by atoms with Crippen LogP contribution < -0.4 is 5.32 Å². The number of aromatic hydroxyl groups is 1. The summed E-state index contributed by atoms with van der Waals surface area (Å²) in [6.45, 7) is 12.3. The first kappa shape index (κ1) is 26.9. The van der Waals surface area contributed by atoms with Gasteiger partial charge in [-0.05, 0) is 37.8 Å². The Morgan fingerprint density at radius 2 is 1.91 bits per heavy atom. The van der Waals surface area contributed by atoms with E-state index in [1.54, 1.807) is 26.8 Å². The number of benzene rings is 1. The molecule has 1 atom stereocenters. The van der Waals surface area contributed by atoms with Crippen LogP contribution in [0.3, 0.4) is 0 Å². The molecule has 0 saturated carbocycles. The van der Waals surface area contributed by atoms with Crippen LogP contribution in [0.15, 0.2) is 12.1 Å². The third-order valence-corrected chi connectivity index (χ3v) is 5.90. The van der Waals surface area contributed by atoms with Crippen LogP contribution in [0.4, 0.5) is 10.5 Å². The van der Waals surface area contributed by atoms with Crippen LogP contribution in [-0.2, 0) is 21.4 Å². The van der Waals surface area contributed by atoms with Crippen LogP contribution in [0.25, 0.3) is 0 Å². The van der Waals surface area contributed by atoms with E-state index in [9.17, 15) is 14.7 Å². The predicted octanol–water partition coefficient (Wildman–Crippen LogP) is 5.50. The standard InChI is InChI=1S/C24H32Cl2N4O5/c1-23(2,3)14-9-16(17(31)10-15(14)25)27-11-18-28-19(20(26)29-18)21(32)34-13-7-8-30(12-13)22(33)35-24(4,5)6/h9-10,13,27,31H,7-8,11-12H2,1-6H3,(H,28,29)/t13-/m1/s1. The summed E-state index contributed by atoms with van der Waals surface area (Å²) in [7, 11) is 0. The molecule has 3 rings (SSSR count). The highest BCUT2D eigenvalue weighted by atomic mass is 35.5. The molecule has 1 fully saturated rings. The largest absolute Gasteiger partial charge is 0.506 e. The Balaban J connectivity index is 1.61. The first-order valence-electron chi connectivity index (χ1n) is 11.3. The number of likely N-dealkylation sites (tertiary alicyclic amines) is 1. The van der Waals surface area contributed by atoms with Gasteiger partial charge in [-0.1, -0.05) is 44.0 Å². The van der Waals surface area contributed by atoms with E-state index in [0.717, 1.165) is 5.56 Å². The number of nitrogens with one attached hydrogen (secondary N) is 2. The van der Waals surface area contributed by atoms with E-state index in [4.69, 9.17) is 32.7 Å². The number of nitrogens with zero attached hydrogens (tertiary/aromatic N) is 2. The number of hydrogen-bond donors (Lipinski definition) is 3. The van der Waals surface area contributed by atoms with Gasteiger partial charge in [-0.3, -0.25) is 0 Å². The van der Waals surface area contributed by atoms with E-state index < -0.39 is 23.8 Å². The van der Waals surface area contributed by atoms with Gasteiger partial charge in [0.2, 0.25) is 0 Å². The number of amides is 1. The fourth-order valence-electron chi connectivity index (χ4n) is 3.60. The van der Waals surface area contributed by atoms with E-state index in [1.165, 1.54) is 11.0 Å². The van der Waals surface area contributed by atoms with Crippen molar-refractivity contribution in [3.05, 3.63) is 39.4 Å². The van der Waals surface area contributed by atoms with Crippen LogP contribution in [-0.4, -0.2) is 56.8 Å². The smallest absolute Gasteiger partial charge is 0.410 e. The summed E-state index contributed by atoms with van der Waals surface area (Å²) in [6, 6.07) is 3.28. The van der Waals surface area contributed by atoms with Gasteiger partial charge < -0.3 is 29.8 Å². The summed E-state index contributed by atoms with van der Waals surface area (Å²) in [5.41, 5.74) is 0.485. The molecular weight excluding hydrogens is 495 g/mol. The number of H-pyrrole nitrogens is 1.